The highest BCUT2D eigenvalue weighted by Crippen LogP contribution is 2.48. The first kappa shape index (κ1) is 23.3. The molecule has 0 aliphatic carbocycles. The second-order valence-corrected chi connectivity index (χ2v) is 9.31. The molecule has 3 aromatic rings. The number of phenolic OH excluding ortho intramolecular Hbond substituents is 1. The van der Waals surface area contributed by atoms with Crippen LogP contribution in [0.3, 0.4) is 0 Å². The lowest BCUT2D eigenvalue weighted by atomic mass is 9.95. The second-order valence-electron chi connectivity index (χ2n) is 8.12. The van der Waals surface area contributed by atoms with Gasteiger partial charge in [0.1, 0.15) is 11.6 Å². The summed E-state index contributed by atoms with van der Waals surface area (Å²) in [5.74, 6) is -0.304. The van der Waals surface area contributed by atoms with E-state index in [9.17, 15) is 24.5 Å². The number of hydrogen-bond acceptors (Lipinski definition) is 5. The van der Waals surface area contributed by atoms with Crippen molar-refractivity contribution >= 4 is 22.7 Å². The van der Waals surface area contributed by atoms with Crippen LogP contribution in [0, 0.1) is 5.82 Å². The van der Waals surface area contributed by atoms with Crippen LogP contribution in [0.1, 0.15) is 48.1 Å². The van der Waals surface area contributed by atoms with Gasteiger partial charge in [0.05, 0.1) is 18.8 Å². The van der Waals surface area contributed by atoms with Crippen LogP contribution < -0.4 is 4.90 Å². The number of thioether (sulfide) groups is 1. The number of halogens is 1. The molecular weight excluding hydrogens is 441 g/mol. The van der Waals surface area contributed by atoms with E-state index in [1.54, 1.807) is 29.2 Å². The number of rotatable bonds is 8. The first-order valence-electron chi connectivity index (χ1n) is 10.9. The largest absolute Gasteiger partial charge is 0.508 e. The summed E-state index contributed by atoms with van der Waals surface area (Å²) in [4.78, 5) is 14.7. The molecule has 1 amide bonds. The molecule has 3 atom stereocenters. The van der Waals surface area contributed by atoms with Crippen LogP contribution in [0.25, 0.3) is 0 Å². The minimum absolute atomic E-state index is 0.0409. The minimum atomic E-state index is -0.714. The van der Waals surface area contributed by atoms with Gasteiger partial charge in [-0.25, -0.2) is 4.39 Å². The van der Waals surface area contributed by atoms with Crippen LogP contribution >= 0.6 is 11.8 Å². The van der Waals surface area contributed by atoms with E-state index < -0.39 is 6.10 Å². The Bertz CT molecular complexity index is 1090. The lowest BCUT2D eigenvalue weighted by Crippen LogP contribution is -2.29. The van der Waals surface area contributed by atoms with Crippen molar-refractivity contribution in [3.8, 4) is 5.75 Å². The van der Waals surface area contributed by atoms with E-state index in [2.05, 4.69) is 0 Å². The summed E-state index contributed by atoms with van der Waals surface area (Å²) in [7, 11) is 0. The predicted octanol–water partition coefficient (Wildman–Crippen LogP) is 5.71. The molecule has 3 N–H and O–H groups in total. The van der Waals surface area contributed by atoms with Crippen molar-refractivity contribution in [3.05, 3.63) is 95.3 Å². The minimum Gasteiger partial charge on any atom is -0.508 e. The molecule has 33 heavy (non-hydrogen) atoms. The molecule has 1 heterocycles. The average Bonchev–Trinajstić information content (AvgIpc) is 3.15. The van der Waals surface area contributed by atoms with E-state index >= 15 is 0 Å². The maximum atomic E-state index is 13.1. The number of carbonyl (C=O) groups excluding carboxylic acids is 1. The fraction of sp³-hybridized carbons (Fsp3) is 0.269. The summed E-state index contributed by atoms with van der Waals surface area (Å²) >= 11 is 1.23. The molecule has 1 unspecified atom stereocenters. The number of nitrogens with zero attached hydrogens (tertiary/aromatic N) is 1. The van der Waals surface area contributed by atoms with Gasteiger partial charge in [-0.1, -0.05) is 54.2 Å². The van der Waals surface area contributed by atoms with Gasteiger partial charge in [-0.3, -0.25) is 9.69 Å². The number of aliphatic hydroxyl groups excluding tert-OH is 2. The Morgan fingerprint density at radius 3 is 2.42 bits per heavy atom. The number of aromatic hydroxyl groups is 1. The fourth-order valence-corrected chi connectivity index (χ4v) is 5.52. The quantitative estimate of drug-likeness (QED) is 0.395. The van der Waals surface area contributed by atoms with Crippen LogP contribution in [0.4, 0.5) is 14.9 Å². The van der Waals surface area contributed by atoms with E-state index in [0.29, 0.717) is 36.0 Å². The summed E-state index contributed by atoms with van der Waals surface area (Å²) in [6, 6.07) is 19.8. The first-order valence-corrected chi connectivity index (χ1v) is 11.8. The maximum absolute atomic E-state index is 13.1. The Morgan fingerprint density at radius 2 is 1.76 bits per heavy atom. The van der Waals surface area contributed by atoms with Crippen molar-refractivity contribution < 1.29 is 24.5 Å². The number of amides is 1. The van der Waals surface area contributed by atoms with Crippen molar-refractivity contribution in [2.24, 2.45) is 0 Å². The molecule has 5 nitrogen and oxygen atoms in total. The molecule has 0 radical (unpaired) electrons. The summed E-state index contributed by atoms with van der Waals surface area (Å²) in [6.07, 6.45) is 1.06. The summed E-state index contributed by atoms with van der Waals surface area (Å²) in [5.41, 5.74) is 2.63. The zero-order valence-electron chi connectivity index (χ0n) is 18.0. The van der Waals surface area contributed by atoms with Crippen LogP contribution in [0.5, 0.6) is 5.75 Å². The zero-order chi connectivity index (χ0) is 23.4. The lowest BCUT2D eigenvalue weighted by Gasteiger charge is -2.28. The molecule has 1 saturated heterocycles. The van der Waals surface area contributed by atoms with Crippen molar-refractivity contribution in [2.75, 3.05) is 4.90 Å². The molecule has 0 aromatic heterocycles. The number of carbonyl (C=O) groups is 1. The highest BCUT2D eigenvalue weighted by molar-refractivity contribution is 8.14. The Hall–Kier alpha value is -2.87. The molecule has 3 aromatic carbocycles. The Balaban J connectivity index is 1.55. The molecule has 4 rings (SSSR count). The number of aliphatic hydroxyl groups is 2. The molecule has 1 fully saturated rings. The predicted molar refractivity (Wildman–Crippen MR) is 128 cm³/mol. The third-order valence-electron chi connectivity index (χ3n) is 5.93. The summed E-state index contributed by atoms with van der Waals surface area (Å²) < 4.78 is 13.1. The highest BCUT2D eigenvalue weighted by atomic mass is 32.2. The number of hydrogen-bond donors (Lipinski definition) is 3. The zero-order valence-corrected chi connectivity index (χ0v) is 18.8. The number of benzene rings is 3. The Morgan fingerprint density at radius 1 is 1.03 bits per heavy atom. The van der Waals surface area contributed by atoms with Crippen molar-refractivity contribution in [1.29, 1.82) is 0 Å². The molecule has 172 valence electrons. The summed E-state index contributed by atoms with van der Waals surface area (Å²) in [5, 5.41) is 30.4. The van der Waals surface area contributed by atoms with Gasteiger partial charge in [-0.2, -0.15) is 0 Å². The second kappa shape index (κ2) is 10.4. The van der Waals surface area contributed by atoms with Crippen LogP contribution in [-0.2, 0) is 6.61 Å². The fourth-order valence-electron chi connectivity index (χ4n) is 4.24. The van der Waals surface area contributed by atoms with Gasteiger partial charge in [-0.05, 0) is 60.7 Å². The molecule has 0 spiro atoms. The lowest BCUT2D eigenvalue weighted by molar-refractivity contribution is 0.163. The van der Waals surface area contributed by atoms with E-state index in [0.717, 1.165) is 5.69 Å². The van der Waals surface area contributed by atoms with Crippen LogP contribution in [-0.4, -0.2) is 25.8 Å². The Kier molecular flexibility index (Phi) is 7.33. The molecule has 7 heteroatoms. The number of phenols is 1. The molecular formula is C26H26FNO4S. The van der Waals surface area contributed by atoms with Crippen molar-refractivity contribution in [3.63, 3.8) is 0 Å². The van der Waals surface area contributed by atoms with Gasteiger partial charge in [0.25, 0.3) is 5.24 Å². The SMILES string of the molecule is O=C1S[C@H](CCCC(O)c2ccc(F)cc2)[C@@H](c2ccc(CO)cc2O)N1c1ccccc1. The van der Waals surface area contributed by atoms with Crippen molar-refractivity contribution in [1.82, 2.24) is 0 Å². The van der Waals surface area contributed by atoms with E-state index in [1.807, 2.05) is 30.3 Å². The first-order chi connectivity index (χ1) is 16.0. The number of para-hydroxylation sites is 1. The third-order valence-corrected chi connectivity index (χ3v) is 7.13. The van der Waals surface area contributed by atoms with E-state index in [-0.39, 0.29) is 34.7 Å². The third kappa shape index (κ3) is 5.21. The highest BCUT2D eigenvalue weighted by Gasteiger charge is 2.43. The van der Waals surface area contributed by atoms with E-state index in [1.165, 1.54) is 30.0 Å². The van der Waals surface area contributed by atoms with Gasteiger partial charge in [0.15, 0.2) is 0 Å². The van der Waals surface area contributed by atoms with Gasteiger partial charge < -0.3 is 15.3 Å². The topological polar surface area (TPSA) is 81.0 Å². The smallest absolute Gasteiger partial charge is 0.287 e. The normalized spacial score (nSPS) is 19.1. The Labute approximate surface area is 196 Å². The van der Waals surface area contributed by atoms with Gasteiger partial charge >= 0.3 is 0 Å². The van der Waals surface area contributed by atoms with Crippen molar-refractivity contribution in [2.45, 2.75) is 43.3 Å². The average molecular weight is 468 g/mol. The number of anilines is 1. The molecule has 0 bridgehead atoms. The molecule has 0 saturated carbocycles. The van der Waals surface area contributed by atoms with Gasteiger partial charge in [0.2, 0.25) is 0 Å². The van der Waals surface area contributed by atoms with Crippen LogP contribution in [0.2, 0.25) is 0 Å². The summed E-state index contributed by atoms with van der Waals surface area (Å²) in [6.45, 7) is -0.181. The molecule has 1 aliphatic rings. The molecule has 1 aliphatic heterocycles. The van der Waals surface area contributed by atoms with Crippen LogP contribution in [0.15, 0.2) is 72.8 Å². The van der Waals surface area contributed by atoms with E-state index in [4.69, 9.17) is 0 Å². The monoisotopic (exact) mass is 467 g/mol. The maximum Gasteiger partial charge on any atom is 0.287 e. The van der Waals surface area contributed by atoms with Gasteiger partial charge in [0, 0.05) is 16.5 Å². The standard InChI is InChI=1S/C26H26FNO4S/c27-19-12-10-18(11-13-19)22(30)7-4-8-24-25(21-14-9-17(16-29)15-23(21)31)28(26(32)33-24)20-5-2-1-3-6-20/h1-3,5-6,9-15,22,24-25,29-31H,4,7-8,16H2/t22?,24-,25-/m1/s1. The van der Waals surface area contributed by atoms with Gasteiger partial charge in [-0.15, -0.1) is 0 Å².